The molecule has 0 saturated heterocycles. The minimum Gasteiger partial charge on any atom is -0.324 e. The summed E-state index contributed by atoms with van der Waals surface area (Å²) in [4.78, 5) is 8.14. The molecule has 2 aromatic carbocycles. The molecule has 0 fully saturated rings. The molecule has 11 heteroatoms. The van der Waals surface area contributed by atoms with Crippen LogP contribution >= 0.6 is 0 Å². The minimum atomic E-state index is -4.60. The zero-order valence-corrected chi connectivity index (χ0v) is 17.7. The molecule has 0 bridgehead atoms. The van der Waals surface area contributed by atoms with E-state index in [4.69, 9.17) is 7.85 Å². The topological polar surface area (TPSA) is 55.1 Å². The smallest absolute Gasteiger partial charge is 0.324 e. The van der Waals surface area contributed by atoms with Gasteiger partial charge in [-0.05, 0) is 30.3 Å². The van der Waals surface area contributed by atoms with Crippen LogP contribution in [0.4, 0.5) is 33.6 Å². The minimum absolute atomic E-state index is 0.0446. The summed E-state index contributed by atoms with van der Waals surface area (Å²) >= 11 is 0. The second-order valence-electron chi connectivity index (χ2n) is 7.62. The Morgan fingerprint density at radius 3 is 2.46 bits per heavy atom. The SMILES string of the molecule is [B]c1cccc(-c2nn3cc(C(F)(F)F)ccc3c2-c2nc(Nc3cccc(F)c3)ncc2F)c1. The summed E-state index contributed by atoms with van der Waals surface area (Å²) in [7, 11) is 5.89. The van der Waals surface area contributed by atoms with Crippen LogP contribution in [0.25, 0.3) is 28.0 Å². The van der Waals surface area contributed by atoms with Crippen LogP contribution in [0, 0.1) is 11.6 Å². The Morgan fingerprint density at radius 1 is 0.914 bits per heavy atom. The Bertz CT molecular complexity index is 1560. The van der Waals surface area contributed by atoms with Crippen molar-refractivity contribution in [2.75, 3.05) is 5.32 Å². The molecule has 1 N–H and O–H groups in total. The molecule has 0 atom stereocenters. The molecule has 5 rings (SSSR count). The van der Waals surface area contributed by atoms with Gasteiger partial charge in [0, 0.05) is 17.4 Å². The molecular weight excluding hydrogens is 464 g/mol. The fourth-order valence-electron chi connectivity index (χ4n) is 3.64. The van der Waals surface area contributed by atoms with Crippen molar-refractivity contribution in [3.05, 3.63) is 90.3 Å². The van der Waals surface area contributed by atoms with Crippen molar-refractivity contribution in [3.8, 4) is 22.5 Å². The van der Waals surface area contributed by atoms with Crippen molar-refractivity contribution in [1.82, 2.24) is 19.6 Å². The molecule has 35 heavy (non-hydrogen) atoms. The Balaban J connectivity index is 1.72. The van der Waals surface area contributed by atoms with Gasteiger partial charge in [-0.15, -0.1) is 0 Å². The lowest BCUT2D eigenvalue weighted by molar-refractivity contribution is -0.137. The van der Waals surface area contributed by atoms with Crippen LogP contribution < -0.4 is 10.8 Å². The van der Waals surface area contributed by atoms with Gasteiger partial charge in [-0.1, -0.05) is 35.8 Å². The zero-order chi connectivity index (χ0) is 24.7. The van der Waals surface area contributed by atoms with Crippen LogP contribution in [0.2, 0.25) is 0 Å². The lowest BCUT2D eigenvalue weighted by Crippen LogP contribution is -2.06. The second kappa shape index (κ2) is 8.50. The van der Waals surface area contributed by atoms with Crippen molar-refractivity contribution in [2.45, 2.75) is 6.18 Å². The molecule has 2 radical (unpaired) electrons. The van der Waals surface area contributed by atoms with Crippen molar-refractivity contribution >= 4 is 30.5 Å². The maximum Gasteiger partial charge on any atom is 0.417 e. The normalized spacial score (nSPS) is 11.7. The molecule has 0 aliphatic rings. The summed E-state index contributed by atoms with van der Waals surface area (Å²) in [5.41, 5.74) is 0.546. The lowest BCUT2D eigenvalue weighted by atomic mass is 9.92. The first-order valence-electron chi connectivity index (χ1n) is 10.2. The summed E-state index contributed by atoms with van der Waals surface area (Å²) in [5.74, 6) is -1.36. The third-order valence-electron chi connectivity index (χ3n) is 5.18. The van der Waals surface area contributed by atoms with Gasteiger partial charge < -0.3 is 5.32 Å². The molecule has 3 aromatic heterocycles. The number of hydrogen-bond acceptors (Lipinski definition) is 4. The predicted molar refractivity (Wildman–Crippen MR) is 122 cm³/mol. The number of rotatable bonds is 4. The molecule has 0 aliphatic heterocycles. The molecule has 0 spiro atoms. The number of halogens is 5. The van der Waals surface area contributed by atoms with Crippen molar-refractivity contribution < 1.29 is 22.0 Å². The second-order valence-corrected chi connectivity index (χ2v) is 7.62. The summed E-state index contributed by atoms with van der Waals surface area (Å²) in [6, 6.07) is 14.1. The number of hydrogen-bond donors (Lipinski definition) is 1. The Hall–Kier alpha value is -4.28. The maximum atomic E-state index is 15.1. The van der Waals surface area contributed by atoms with Gasteiger partial charge in [0.1, 0.15) is 25.1 Å². The standard InChI is InChI=1S/C24H13BF5N5/c25-15-4-1-3-13(9-15)21-20(19-8-7-14(24(28,29)30)12-35(19)34-21)22-18(27)11-31-23(33-22)32-17-6-2-5-16(26)10-17/h1-12H,(H,31,32,33). The fourth-order valence-corrected chi connectivity index (χ4v) is 3.64. The molecule has 3 heterocycles. The highest BCUT2D eigenvalue weighted by Gasteiger charge is 2.32. The van der Waals surface area contributed by atoms with E-state index in [1.165, 1.54) is 24.3 Å². The molecule has 0 unspecified atom stereocenters. The van der Waals surface area contributed by atoms with Gasteiger partial charge in [0.05, 0.1) is 22.8 Å². The van der Waals surface area contributed by atoms with E-state index < -0.39 is 23.4 Å². The van der Waals surface area contributed by atoms with Crippen LogP contribution in [0.1, 0.15) is 5.56 Å². The van der Waals surface area contributed by atoms with Crippen molar-refractivity contribution in [1.29, 1.82) is 0 Å². The average molecular weight is 477 g/mol. The molecule has 5 aromatic rings. The van der Waals surface area contributed by atoms with Gasteiger partial charge in [-0.2, -0.15) is 18.3 Å². The third kappa shape index (κ3) is 4.44. The van der Waals surface area contributed by atoms with Crippen LogP contribution in [0.15, 0.2) is 73.1 Å². The van der Waals surface area contributed by atoms with E-state index >= 15 is 4.39 Å². The van der Waals surface area contributed by atoms with Gasteiger partial charge in [0.2, 0.25) is 5.95 Å². The van der Waals surface area contributed by atoms with E-state index in [0.717, 1.165) is 23.0 Å². The number of nitrogens with zero attached hydrogens (tertiary/aromatic N) is 4. The first kappa shape index (κ1) is 22.5. The summed E-state index contributed by atoms with van der Waals surface area (Å²) in [6.45, 7) is 0. The van der Waals surface area contributed by atoms with E-state index in [0.29, 0.717) is 16.7 Å². The van der Waals surface area contributed by atoms with Crippen LogP contribution in [0.3, 0.4) is 0 Å². The summed E-state index contributed by atoms with van der Waals surface area (Å²) in [5, 5.41) is 7.10. The number of alkyl halides is 3. The summed E-state index contributed by atoms with van der Waals surface area (Å²) in [6.07, 6.45) is -2.86. The average Bonchev–Trinajstić information content (AvgIpc) is 3.18. The molecule has 172 valence electrons. The maximum absolute atomic E-state index is 15.1. The van der Waals surface area contributed by atoms with E-state index in [1.54, 1.807) is 30.3 Å². The van der Waals surface area contributed by atoms with Crippen molar-refractivity contribution in [3.63, 3.8) is 0 Å². The van der Waals surface area contributed by atoms with E-state index in [2.05, 4.69) is 20.4 Å². The molecule has 0 aliphatic carbocycles. The van der Waals surface area contributed by atoms with Crippen LogP contribution in [-0.2, 0) is 6.18 Å². The van der Waals surface area contributed by atoms with E-state index in [-0.39, 0.29) is 28.4 Å². The summed E-state index contributed by atoms with van der Waals surface area (Å²) < 4.78 is 69.5. The van der Waals surface area contributed by atoms with Crippen LogP contribution in [0.5, 0.6) is 0 Å². The predicted octanol–water partition coefficient (Wildman–Crippen LogP) is 5.29. The van der Waals surface area contributed by atoms with Gasteiger partial charge in [-0.3, -0.25) is 0 Å². The van der Waals surface area contributed by atoms with Gasteiger partial charge in [0.25, 0.3) is 0 Å². The first-order valence-corrected chi connectivity index (χ1v) is 10.2. The highest BCUT2D eigenvalue weighted by molar-refractivity contribution is 6.32. The van der Waals surface area contributed by atoms with Crippen molar-refractivity contribution in [2.24, 2.45) is 0 Å². The number of anilines is 2. The first-order chi connectivity index (χ1) is 16.7. The van der Waals surface area contributed by atoms with Gasteiger partial charge in [0.15, 0.2) is 5.82 Å². The lowest BCUT2D eigenvalue weighted by Gasteiger charge is -2.09. The Morgan fingerprint density at radius 2 is 1.71 bits per heavy atom. The molecule has 5 nitrogen and oxygen atoms in total. The highest BCUT2D eigenvalue weighted by Crippen LogP contribution is 2.37. The Labute approximate surface area is 196 Å². The quantitative estimate of drug-likeness (QED) is 0.282. The highest BCUT2D eigenvalue weighted by atomic mass is 19.4. The van der Waals surface area contributed by atoms with Gasteiger partial charge >= 0.3 is 6.18 Å². The number of fused-ring (bicyclic) bond motifs is 1. The Kier molecular flexibility index (Phi) is 5.47. The molecular formula is C24H13BF5N5. The molecule has 0 saturated carbocycles. The van der Waals surface area contributed by atoms with Crippen LogP contribution in [-0.4, -0.2) is 27.4 Å². The third-order valence-corrected chi connectivity index (χ3v) is 5.18. The van der Waals surface area contributed by atoms with E-state index in [9.17, 15) is 17.6 Å². The molecule has 0 amide bonds. The fraction of sp³-hybridized carbons (Fsp3) is 0.0417. The number of pyridine rings is 1. The zero-order valence-electron chi connectivity index (χ0n) is 17.7. The number of aromatic nitrogens is 4. The van der Waals surface area contributed by atoms with Gasteiger partial charge in [-0.25, -0.2) is 23.3 Å². The number of nitrogens with one attached hydrogen (secondary N) is 1. The largest absolute Gasteiger partial charge is 0.417 e. The monoisotopic (exact) mass is 477 g/mol. The van der Waals surface area contributed by atoms with E-state index in [1.807, 2.05) is 0 Å². The number of benzene rings is 2.